The predicted molar refractivity (Wildman–Crippen MR) is 131 cm³/mol. The second-order valence-corrected chi connectivity index (χ2v) is 18.2. The molecule has 0 aliphatic heterocycles. The molecule has 2 nitrogen and oxygen atoms in total. The maximum atomic E-state index is 6.90. The Morgan fingerprint density at radius 2 is 1.34 bits per heavy atom. The van der Waals surface area contributed by atoms with Crippen LogP contribution in [-0.2, 0) is 4.43 Å². The summed E-state index contributed by atoms with van der Waals surface area (Å²) in [7, 11) is -1.79. The molecule has 2 rings (SSSR count). The molecule has 0 saturated heterocycles. The molecule has 0 radical (unpaired) electrons. The molecule has 0 amide bonds. The van der Waals surface area contributed by atoms with E-state index in [9.17, 15) is 0 Å². The molecule has 156 valence electrons. The van der Waals surface area contributed by atoms with Crippen LogP contribution < -0.4 is 4.74 Å². The van der Waals surface area contributed by atoms with Gasteiger partial charge in [0.2, 0.25) is 0 Å². The van der Waals surface area contributed by atoms with Crippen LogP contribution in [0.15, 0.2) is 60.3 Å². The average molecular weight is 425 g/mol. The van der Waals surface area contributed by atoms with Crippen molar-refractivity contribution < 1.29 is 9.16 Å². The van der Waals surface area contributed by atoms with Gasteiger partial charge in [0.25, 0.3) is 8.32 Å². The Morgan fingerprint density at radius 3 is 1.79 bits per heavy atom. The molecular formula is C25H36O2Si2. The first kappa shape index (κ1) is 23.3. The molecule has 0 atom stereocenters. The van der Waals surface area contributed by atoms with Crippen LogP contribution in [0.5, 0.6) is 5.75 Å². The Morgan fingerprint density at radius 1 is 0.793 bits per heavy atom. The topological polar surface area (TPSA) is 18.5 Å². The van der Waals surface area contributed by atoms with Crippen molar-refractivity contribution in [2.45, 2.75) is 58.5 Å². The minimum atomic E-state index is -1.84. The van der Waals surface area contributed by atoms with E-state index in [2.05, 4.69) is 88.6 Å². The molecule has 29 heavy (non-hydrogen) atoms. The Bertz CT molecular complexity index is 830. The third-order valence-corrected chi connectivity index (χ3v) is 12.1. The van der Waals surface area contributed by atoms with Crippen molar-refractivity contribution in [3.05, 3.63) is 71.5 Å². The third-order valence-electron chi connectivity index (χ3n) is 5.65. The number of rotatable bonds is 9. The first-order valence-electron chi connectivity index (χ1n) is 10.7. The van der Waals surface area contributed by atoms with E-state index in [1.807, 2.05) is 12.1 Å². The highest BCUT2D eigenvalue weighted by Gasteiger charge is 2.32. The fourth-order valence-electron chi connectivity index (χ4n) is 3.49. The monoisotopic (exact) mass is 424 g/mol. The van der Waals surface area contributed by atoms with E-state index in [0.717, 1.165) is 35.2 Å². The lowest BCUT2D eigenvalue weighted by atomic mass is 10.1. The number of benzene rings is 2. The maximum absolute atomic E-state index is 6.90. The first-order chi connectivity index (χ1) is 13.8. The summed E-state index contributed by atoms with van der Waals surface area (Å²) in [5.74, 6) is 1.75. The summed E-state index contributed by atoms with van der Waals surface area (Å²) in [4.78, 5) is 0. The summed E-state index contributed by atoms with van der Waals surface area (Å²) in [6, 6.07) is 22.2. The van der Waals surface area contributed by atoms with Crippen molar-refractivity contribution >= 4 is 27.3 Å². The molecule has 0 fully saturated rings. The van der Waals surface area contributed by atoms with E-state index in [1.165, 1.54) is 10.8 Å². The van der Waals surface area contributed by atoms with Crippen LogP contribution in [-0.4, -0.2) is 23.5 Å². The Labute approximate surface area is 179 Å². The summed E-state index contributed by atoms with van der Waals surface area (Å²) in [6.07, 6.45) is 0. The van der Waals surface area contributed by atoms with Crippen LogP contribution in [0, 0.1) is 0 Å². The smallest absolute Gasteiger partial charge is 0.251 e. The van der Waals surface area contributed by atoms with Crippen LogP contribution in [0.25, 0.3) is 11.0 Å². The van der Waals surface area contributed by atoms with E-state index < -0.39 is 16.4 Å². The largest absolute Gasteiger partial charge is 0.538 e. The van der Waals surface area contributed by atoms with Gasteiger partial charge in [0.05, 0.1) is 15.2 Å². The molecule has 0 bridgehead atoms. The molecule has 0 spiro atoms. The van der Waals surface area contributed by atoms with Gasteiger partial charge in [-0.05, 0) is 53.2 Å². The van der Waals surface area contributed by atoms with Gasteiger partial charge >= 0.3 is 0 Å². The zero-order valence-electron chi connectivity index (χ0n) is 19.1. The molecule has 0 unspecified atom stereocenters. The quantitative estimate of drug-likeness (QED) is 0.234. The highest BCUT2D eigenvalue weighted by atomic mass is 28.4. The molecule has 4 heteroatoms. The number of hydrogen-bond acceptors (Lipinski definition) is 2. The van der Waals surface area contributed by atoms with E-state index in [4.69, 9.17) is 9.16 Å². The van der Waals surface area contributed by atoms with Gasteiger partial charge in [0.15, 0.2) is 5.76 Å². The minimum absolute atomic E-state index is 0.857. The van der Waals surface area contributed by atoms with E-state index in [-0.39, 0.29) is 0 Å². The van der Waals surface area contributed by atoms with Gasteiger partial charge in [0.1, 0.15) is 5.75 Å². The summed E-state index contributed by atoms with van der Waals surface area (Å²) in [5.41, 5.74) is 6.11. The van der Waals surface area contributed by atoms with E-state index in [0.29, 0.717) is 0 Å². The van der Waals surface area contributed by atoms with Crippen LogP contribution in [0.1, 0.15) is 31.9 Å². The zero-order chi connectivity index (χ0) is 21.5. The molecule has 0 N–H and O–H groups in total. The highest BCUT2D eigenvalue weighted by molar-refractivity contribution is 6.93. The Hall–Kier alpha value is -2.01. The van der Waals surface area contributed by atoms with Gasteiger partial charge in [-0.1, -0.05) is 76.5 Å². The first-order valence-corrected chi connectivity index (χ1v) is 16.7. The number of methoxy groups -OCH3 is 1. The third kappa shape index (κ3) is 5.99. The maximum Gasteiger partial charge on any atom is 0.251 e. The van der Waals surface area contributed by atoms with Gasteiger partial charge in [-0.2, -0.15) is 0 Å². The normalized spacial score (nSPS) is 11.6. The molecule has 0 saturated carbocycles. The molecule has 0 aliphatic rings. The highest BCUT2D eigenvalue weighted by Crippen LogP contribution is 2.32. The molecule has 2 aromatic rings. The van der Waals surface area contributed by atoms with Gasteiger partial charge in [-0.15, -0.1) is 0 Å². The van der Waals surface area contributed by atoms with Gasteiger partial charge < -0.3 is 9.16 Å². The zero-order valence-corrected chi connectivity index (χ0v) is 21.1. The van der Waals surface area contributed by atoms with Gasteiger partial charge in [0, 0.05) is 5.56 Å². The molecule has 2 aromatic carbocycles. The number of ether oxygens (including phenoxy) is 1. The lowest BCUT2D eigenvalue weighted by Gasteiger charge is -2.30. The standard InChI is InChI=1S/C25H36O2Si2/c1-8-29(9-2,10-3)27-24(21-16-18-23(26-4)19-17-21)20-25(28(5,6)7)22-14-12-11-13-15-22/h11-19H,8-10H2,1-7H3. The van der Waals surface area contributed by atoms with Crippen LogP contribution in [0.3, 0.4) is 0 Å². The second-order valence-electron chi connectivity index (χ2n) is 8.52. The van der Waals surface area contributed by atoms with Crippen LogP contribution >= 0.6 is 0 Å². The Balaban J connectivity index is 2.76. The lowest BCUT2D eigenvalue weighted by Crippen LogP contribution is -2.35. The van der Waals surface area contributed by atoms with Crippen molar-refractivity contribution in [2.75, 3.05) is 7.11 Å². The SMILES string of the molecule is CC[Si](CC)(CC)OC(=C=C(c1ccccc1)[Si](C)(C)C)c1ccc(OC)cc1. The summed E-state index contributed by atoms with van der Waals surface area (Å²) in [5, 5.41) is 1.30. The summed E-state index contributed by atoms with van der Waals surface area (Å²) in [6.45, 7) is 13.9. The van der Waals surface area contributed by atoms with Crippen molar-refractivity contribution in [2.24, 2.45) is 0 Å². The van der Waals surface area contributed by atoms with Crippen molar-refractivity contribution in [1.29, 1.82) is 0 Å². The summed E-state index contributed by atoms with van der Waals surface area (Å²) >= 11 is 0. The molecular weight excluding hydrogens is 388 g/mol. The molecule has 0 aliphatic carbocycles. The summed E-state index contributed by atoms with van der Waals surface area (Å²) < 4.78 is 12.3. The van der Waals surface area contributed by atoms with E-state index >= 15 is 0 Å². The van der Waals surface area contributed by atoms with Crippen molar-refractivity contribution in [3.8, 4) is 5.75 Å². The molecule has 0 aromatic heterocycles. The van der Waals surface area contributed by atoms with Crippen LogP contribution in [0.2, 0.25) is 37.8 Å². The fraction of sp³-hybridized carbons (Fsp3) is 0.400. The average Bonchev–Trinajstić information content (AvgIpc) is 2.74. The van der Waals surface area contributed by atoms with Crippen LogP contribution in [0.4, 0.5) is 0 Å². The second kappa shape index (κ2) is 10.2. The van der Waals surface area contributed by atoms with Crippen molar-refractivity contribution in [3.63, 3.8) is 0 Å². The minimum Gasteiger partial charge on any atom is -0.538 e. The fourth-order valence-corrected chi connectivity index (χ4v) is 7.55. The predicted octanol–water partition coefficient (Wildman–Crippen LogP) is 7.62. The Kier molecular flexibility index (Phi) is 8.15. The molecule has 0 heterocycles. The lowest BCUT2D eigenvalue weighted by molar-refractivity contribution is 0.414. The number of hydrogen-bond donors (Lipinski definition) is 0. The van der Waals surface area contributed by atoms with Crippen molar-refractivity contribution in [1.82, 2.24) is 0 Å². The van der Waals surface area contributed by atoms with Gasteiger partial charge in [-0.25, -0.2) is 0 Å². The van der Waals surface area contributed by atoms with Gasteiger partial charge in [-0.3, -0.25) is 0 Å². The van der Waals surface area contributed by atoms with E-state index in [1.54, 1.807) is 7.11 Å².